The third-order valence-corrected chi connectivity index (χ3v) is 25.6. The van der Waals surface area contributed by atoms with Gasteiger partial charge in [0.1, 0.15) is 22.3 Å². The highest BCUT2D eigenvalue weighted by Gasteiger charge is 2.45. The topological polar surface area (TPSA) is 26.3 Å². The molecule has 4 aliphatic rings. The van der Waals surface area contributed by atoms with Gasteiger partial charge in [0, 0.05) is 74.2 Å². The predicted molar refractivity (Wildman–Crippen MR) is 332 cm³/mol. The van der Waals surface area contributed by atoms with Crippen LogP contribution in [0, 0.1) is 0 Å². The number of fused-ring (bicyclic) bond motifs is 22. The van der Waals surface area contributed by atoms with Crippen LogP contribution in [-0.2, 0) is 10.8 Å². The number of hydrogen-bond donors (Lipinski definition) is 0. The molecule has 0 fully saturated rings. The van der Waals surface area contributed by atoms with Crippen molar-refractivity contribution >= 4 is 91.1 Å². The second kappa shape index (κ2) is 15.0. The van der Waals surface area contributed by atoms with Crippen molar-refractivity contribution in [2.24, 2.45) is 0 Å². The lowest BCUT2D eigenvalue weighted by molar-refractivity contribution is 0.655. The van der Waals surface area contributed by atoms with E-state index in [-0.39, 0.29) is 10.8 Å². The van der Waals surface area contributed by atoms with Gasteiger partial charge >= 0.3 is 0 Å². The molecule has 374 valence electrons. The van der Waals surface area contributed by atoms with E-state index >= 15 is 0 Å². The fourth-order valence-corrected chi connectivity index (χ4v) is 20.5. The summed E-state index contributed by atoms with van der Waals surface area (Å²) in [6, 6.07) is 60.0. The van der Waals surface area contributed by atoms with Crippen molar-refractivity contribution < 1.29 is 8.83 Å². The van der Waals surface area contributed by atoms with Crippen LogP contribution in [0.2, 0.25) is 0 Å². The summed E-state index contributed by atoms with van der Waals surface area (Å²) in [5.74, 6) is 1.00. The van der Waals surface area contributed by atoms with Gasteiger partial charge in [-0.3, -0.25) is 0 Å². The van der Waals surface area contributed by atoms with Crippen molar-refractivity contribution in [3.05, 3.63) is 211 Å². The van der Waals surface area contributed by atoms with Crippen LogP contribution in [0.15, 0.2) is 217 Å². The molecule has 2 aliphatic carbocycles. The van der Waals surface area contributed by atoms with Crippen LogP contribution in [0.25, 0.3) is 127 Å². The molecule has 10 aromatic carbocycles. The summed E-state index contributed by atoms with van der Waals surface area (Å²) >= 11 is 0. The minimum Gasteiger partial charge on any atom is -0.455 e. The van der Waals surface area contributed by atoms with Gasteiger partial charge < -0.3 is 8.83 Å². The number of furan rings is 2. The molecule has 16 rings (SSSR count). The zero-order chi connectivity index (χ0) is 52.4. The predicted octanol–water partition coefficient (Wildman–Crippen LogP) is 21.2. The molecule has 1 unspecified atom stereocenters. The summed E-state index contributed by atoms with van der Waals surface area (Å²) in [5.41, 5.74) is 24.0. The van der Waals surface area contributed by atoms with Crippen molar-refractivity contribution in [1.82, 2.24) is 0 Å². The van der Waals surface area contributed by atoms with Gasteiger partial charge in [-0.15, -0.1) is 0 Å². The van der Waals surface area contributed by atoms with Crippen LogP contribution in [0.3, 0.4) is 0 Å². The van der Waals surface area contributed by atoms with E-state index in [1.54, 1.807) is 0 Å². The number of hydrogen-bond acceptors (Lipinski definition) is 2. The third-order valence-electron chi connectivity index (χ3n) is 19.0. The summed E-state index contributed by atoms with van der Waals surface area (Å²) < 4.78 is 14.6. The highest BCUT2D eigenvalue weighted by Crippen LogP contribution is 2.76. The Bertz CT molecular complexity index is 4810. The van der Waals surface area contributed by atoms with Crippen LogP contribution in [-0.4, -0.2) is 24.5 Å². The van der Waals surface area contributed by atoms with Crippen molar-refractivity contribution in [2.45, 2.75) is 65.0 Å². The van der Waals surface area contributed by atoms with Gasteiger partial charge in [0.05, 0.1) is 0 Å². The van der Waals surface area contributed by atoms with Gasteiger partial charge in [0.25, 0.3) is 0 Å². The molecule has 0 bridgehead atoms. The van der Waals surface area contributed by atoms with Gasteiger partial charge in [0.2, 0.25) is 0 Å². The Morgan fingerprint density at radius 2 is 0.883 bits per heavy atom. The average molecular weight is 1030 g/mol. The second-order valence-corrected chi connectivity index (χ2v) is 30.7. The number of allylic oxidation sites excluding steroid dienone is 4. The minimum absolute atomic E-state index is 0.162. The molecule has 0 amide bonds. The molecule has 2 nitrogen and oxygen atoms in total. The maximum Gasteiger partial charge on any atom is 0.144 e. The quantitative estimate of drug-likeness (QED) is 0.172. The first-order valence-corrected chi connectivity index (χ1v) is 31.8. The van der Waals surface area contributed by atoms with Crippen molar-refractivity contribution in [3.63, 3.8) is 0 Å². The van der Waals surface area contributed by atoms with Crippen molar-refractivity contribution in [3.8, 4) is 55.6 Å². The van der Waals surface area contributed by atoms with Gasteiger partial charge in [-0.05, 0) is 161 Å². The van der Waals surface area contributed by atoms with E-state index in [9.17, 15) is 0 Å². The van der Waals surface area contributed by atoms with Gasteiger partial charge in [0.15, 0.2) is 0 Å². The lowest BCUT2D eigenvalue weighted by Gasteiger charge is -2.33. The monoisotopic (exact) mass is 1030 g/mol. The van der Waals surface area contributed by atoms with E-state index in [4.69, 9.17) is 8.83 Å². The molecule has 2 aliphatic heterocycles. The fourth-order valence-electron chi connectivity index (χ4n) is 15.1. The number of para-hydroxylation sites is 2. The first-order chi connectivity index (χ1) is 37.2. The molecule has 2 aromatic heterocycles. The molecule has 77 heavy (non-hydrogen) atoms. The number of benzene rings is 10. The zero-order valence-corrected chi connectivity index (χ0v) is 46.6. The Labute approximate surface area is 453 Å². The fraction of sp³-hybridized carbons (Fsp3) is 0.151. The second-order valence-electron chi connectivity index (χ2n) is 23.6. The maximum atomic E-state index is 7.34. The molecule has 4 heteroatoms. The highest BCUT2D eigenvalue weighted by atomic mass is 32.3. The largest absolute Gasteiger partial charge is 0.455 e. The van der Waals surface area contributed by atoms with Gasteiger partial charge in [-0.1, -0.05) is 169 Å². The first kappa shape index (κ1) is 45.4. The van der Waals surface area contributed by atoms with Crippen LogP contribution in [0.1, 0.15) is 56.9 Å². The Morgan fingerprint density at radius 1 is 0.416 bits per heavy atom. The Balaban J connectivity index is 0.964. The van der Waals surface area contributed by atoms with E-state index < -0.39 is 20.1 Å². The molecule has 12 aromatic rings. The van der Waals surface area contributed by atoms with E-state index in [0.29, 0.717) is 0 Å². The molecule has 0 N–H and O–H groups in total. The van der Waals surface area contributed by atoms with Crippen molar-refractivity contribution in [2.75, 3.05) is 24.5 Å². The SMILES string of the molecule is C=CC1=C(C=C)C(C)(C)c2cc(-c3cc4c(c5oc6ccccc6c35)-c3cc5c(cc3S4(C)C)-c3c(cc(-c4cc6c(c7ccccc47)-c4ccccc4C6(C)C)c4c3oc3ccccc34)S5(C)CC)c3ccccc3c21. The summed E-state index contributed by atoms with van der Waals surface area (Å²) in [6.45, 7) is 20.6. The smallest absolute Gasteiger partial charge is 0.144 e. The van der Waals surface area contributed by atoms with Crippen LogP contribution in [0.4, 0.5) is 0 Å². The third kappa shape index (κ3) is 5.46. The highest BCUT2D eigenvalue weighted by molar-refractivity contribution is 8.34. The maximum absolute atomic E-state index is 7.34. The lowest BCUT2D eigenvalue weighted by atomic mass is 9.79. The molecule has 0 spiro atoms. The molecule has 0 radical (unpaired) electrons. The molecule has 1 atom stereocenters. The number of rotatable bonds is 5. The summed E-state index contributed by atoms with van der Waals surface area (Å²) in [7, 11) is -3.21. The van der Waals surface area contributed by atoms with Crippen LogP contribution >= 0.6 is 20.1 Å². The summed E-state index contributed by atoms with van der Waals surface area (Å²) in [4.78, 5) is 5.65. The van der Waals surface area contributed by atoms with Gasteiger partial charge in [-0.25, -0.2) is 0 Å². The molecular formula is C73H58O2S2. The Morgan fingerprint density at radius 3 is 1.47 bits per heavy atom. The normalized spacial score (nSPS) is 19.1. The van der Waals surface area contributed by atoms with E-state index in [1.165, 1.54) is 141 Å². The Hall–Kier alpha value is -7.76. The van der Waals surface area contributed by atoms with Gasteiger partial charge in [-0.2, -0.15) is 20.1 Å². The van der Waals surface area contributed by atoms with E-state index in [0.717, 1.165) is 38.9 Å². The van der Waals surface area contributed by atoms with Crippen molar-refractivity contribution in [1.29, 1.82) is 0 Å². The molecule has 4 heterocycles. The van der Waals surface area contributed by atoms with E-state index in [1.807, 2.05) is 12.2 Å². The Kier molecular flexibility index (Phi) is 8.87. The average Bonchev–Trinajstić information content (AvgIpc) is 4.44. The lowest BCUT2D eigenvalue weighted by Crippen LogP contribution is -2.16. The van der Waals surface area contributed by atoms with Crippen LogP contribution < -0.4 is 0 Å². The molecule has 0 saturated heterocycles. The standard InChI is InChI=1S/C73H58O2S2/c1-11-40-54(12-2)72(4,5)56-34-48(41-24-14-16-26-43(41)64(40)56)50-36-62-68(70-66(50)46-29-19-22-32-58(46)74-70)52-39-61-53(38-60(52)76(62,8)9)69-63(77(61,10)13-3)37-51(67-47-30-20-23-33-59(47)75-71(67)69)49-35-57-65(44-27-17-15-25-42(44)49)45-28-18-21-31-55(45)73(57,6)7/h11-12,14-39H,1-2,13H2,3-10H3. The van der Waals surface area contributed by atoms with Crippen LogP contribution in [0.5, 0.6) is 0 Å². The minimum atomic E-state index is -1.61. The summed E-state index contributed by atoms with van der Waals surface area (Å²) in [6.07, 6.45) is 11.7. The molecule has 0 saturated carbocycles. The zero-order valence-electron chi connectivity index (χ0n) is 44.9. The van der Waals surface area contributed by atoms with E-state index in [2.05, 4.69) is 224 Å². The molecular weight excluding hydrogens is 973 g/mol. The first-order valence-electron chi connectivity index (χ1n) is 27.1. The summed E-state index contributed by atoms with van der Waals surface area (Å²) in [5, 5.41) is 9.75.